The monoisotopic (exact) mass is 125 g/mol. The molecule has 1 unspecified atom stereocenters. The number of rotatable bonds is 3. The molecule has 0 saturated carbocycles. The molecular weight excluding hydrogens is 117 g/mol. The minimum absolute atomic E-state index is 0.141. The fraction of sp³-hybridized carbons (Fsp3) is 0.800. The lowest BCUT2D eigenvalue weighted by molar-refractivity contribution is 0.126. The maximum absolute atomic E-state index is 11.6. The third-order valence-electron chi connectivity index (χ3n) is 0.698. The number of hydrogen-bond donors (Lipinski definition) is 0. The summed E-state index contributed by atoms with van der Waals surface area (Å²) in [4.78, 5) is 0. The van der Waals surface area contributed by atoms with E-state index in [2.05, 4.69) is 6.92 Å². The van der Waals surface area contributed by atoms with Gasteiger partial charge in [-0.2, -0.15) is 0 Å². The largest absolute Gasteiger partial charge is 0.247 e. The zero-order valence-corrected chi connectivity index (χ0v) is 4.41. The minimum atomic E-state index is -2.39. The second-order valence-corrected chi connectivity index (χ2v) is 1.57. The van der Waals surface area contributed by atoms with E-state index in [0.717, 1.165) is 0 Å². The van der Waals surface area contributed by atoms with Crippen molar-refractivity contribution in [3.05, 3.63) is 6.92 Å². The molecule has 1 atom stereocenters. The highest BCUT2D eigenvalue weighted by molar-refractivity contribution is 4.57. The van der Waals surface area contributed by atoms with Crippen LogP contribution in [0.25, 0.3) is 0 Å². The zero-order chi connectivity index (χ0) is 6.57. The summed E-state index contributed by atoms with van der Waals surface area (Å²) in [5.74, 6) is 0. The third-order valence-corrected chi connectivity index (χ3v) is 0.698. The van der Waals surface area contributed by atoms with Crippen molar-refractivity contribution in [3.8, 4) is 0 Å². The molecule has 0 amide bonds. The lowest BCUT2D eigenvalue weighted by Gasteiger charge is -1.97. The first-order chi connectivity index (χ1) is 3.63. The molecule has 0 N–H and O–H groups in total. The fourth-order valence-electron chi connectivity index (χ4n) is 0.307. The summed E-state index contributed by atoms with van der Waals surface area (Å²) in [6.07, 6.45) is -4.26. The average molecular weight is 125 g/mol. The Balaban J connectivity index is 2.93. The van der Waals surface area contributed by atoms with Gasteiger partial charge in [-0.25, -0.2) is 13.2 Å². The molecular formula is C5H8F3. The van der Waals surface area contributed by atoms with Crippen molar-refractivity contribution >= 4 is 0 Å². The Bertz CT molecular complexity index is 43.6. The lowest BCUT2D eigenvalue weighted by atomic mass is 10.2. The summed E-state index contributed by atoms with van der Waals surface area (Å²) >= 11 is 0. The van der Waals surface area contributed by atoms with E-state index < -0.39 is 12.6 Å². The molecule has 1 radical (unpaired) electrons. The van der Waals surface area contributed by atoms with Crippen LogP contribution in [0.15, 0.2) is 0 Å². The zero-order valence-electron chi connectivity index (χ0n) is 4.41. The van der Waals surface area contributed by atoms with Crippen molar-refractivity contribution in [2.45, 2.75) is 25.4 Å². The van der Waals surface area contributed by atoms with Crippen LogP contribution in [0.5, 0.6) is 0 Å². The van der Waals surface area contributed by atoms with E-state index in [1.807, 2.05) is 0 Å². The van der Waals surface area contributed by atoms with Gasteiger partial charge in [0.05, 0.1) is 0 Å². The summed E-state index contributed by atoms with van der Waals surface area (Å²) < 4.78 is 34.0. The Hall–Kier alpha value is -0.210. The molecule has 0 aromatic carbocycles. The summed E-state index contributed by atoms with van der Waals surface area (Å²) in [5.41, 5.74) is 0. The van der Waals surface area contributed by atoms with Crippen LogP contribution in [0.4, 0.5) is 13.2 Å². The molecule has 0 fully saturated rings. The van der Waals surface area contributed by atoms with E-state index in [1.54, 1.807) is 0 Å². The Labute approximate surface area is 46.7 Å². The van der Waals surface area contributed by atoms with Crippen LogP contribution in [0.1, 0.15) is 12.8 Å². The number of halogens is 3. The third kappa shape index (κ3) is 5.79. The van der Waals surface area contributed by atoms with Crippen LogP contribution in [0.2, 0.25) is 0 Å². The summed E-state index contributed by atoms with van der Waals surface area (Å²) in [7, 11) is 0. The first kappa shape index (κ1) is 7.79. The van der Waals surface area contributed by atoms with E-state index in [0.29, 0.717) is 0 Å². The standard InChI is InChI=1S/C5H8F3/c1-4(6)2-3-5(7)8/h4-5H,1-3H2. The summed E-state index contributed by atoms with van der Waals surface area (Å²) in [6, 6.07) is 0. The smallest absolute Gasteiger partial charge is 0.238 e. The quantitative estimate of drug-likeness (QED) is 0.542. The average Bonchev–Trinajstić information content (AvgIpc) is 1.61. The predicted octanol–water partition coefficient (Wildman–Crippen LogP) is 2.20. The Morgan fingerprint density at radius 3 is 1.75 bits per heavy atom. The Kier molecular flexibility index (Phi) is 3.65. The van der Waals surface area contributed by atoms with Crippen LogP contribution in [0.3, 0.4) is 0 Å². The molecule has 3 heteroatoms. The van der Waals surface area contributed by atoms with E-state index >= 15 is 0 Å². The number of alkyl halides is 3. The van der Waals surface area contributed by atoms with Crippen molar-refractivity contribution in [1.82, 2.24) is 0 Å². The van der Waals surface area contributed by atoms with Gasteiger partial charge in [0.1, 0.15) is 6.17 Å². The van der Waals surface area contributed by atoms with Gasteiger partial charge in [-0.3, -0.25) is 0 Å². The maximum atomic E-state index is 11.6. The van der Waals surface area contributed by atoms with Gasteiger partial charge in [0.2, 0.25) is 6.43 Å². The van der Waals surface area contributed by atoms with Gasteiger partial charge in [0, 0.05) is 6.42 Å². The molecule has 0 rings (SSSR count). The van der Waals surface area contributed by atoms with Gasteiger partial charge < -0.3 is 0 Å². The topological polar surface area (TPSA) is 0 Å². The van der Waals surface area contributed by atoms with Crippen LogP contribution in [-0.4, -0.2) is 12.6 Å². The van der Waals surface area contributed by atoms with Crippen molar-refractivity contribution in [3.63, 3.8) is 0 Å². The fourth-order valence-corrected chi connectivity index (χ4v) is 0.307. The van der Waals surface area contributed by atoms with Crippen LogP contribution >= 0.6 is 0 Å². The highest BCUT2D eigenvalue weighted by atomic mass is 19.3. The lowest BCUT2D eigenvalue weighted by Crippen LogP contribution is -1.97. The van der Waals surface area contributed by atoms with Crippen molar-refractivity contribution in [1.29, 1.82) is 0 Å². The molecule has 0 bridgehead atoms. The van der Waals surface area contributed by atoms with E-state index in [9.17, 15) is 13.2 Å². The second kappa shape index (κ2) is 3.75. The Morgan fingerprint density at radius 1 is 1.12 bits per heavy atom. The first-order valence-corrected chi connectivity index (χ1v) is 2.38. The molecule has 0 aliphatic rings. The number of hydrogen-bond acceptors (Lipinski definition) is 0. The second-order valence-electron chi connectivity index (χ2n) is 1.57. The summed E-state index contributed by atoms with van der Waals surface area (Å²) in [6.45, 7) is 2.91. The van der Waals surface area contributed by atoms with Crippen molar-refractivity contribution in [2.24, 2.45) is 0 Å². The molecule has 49 valence electrons. The molecule has 0 aliphatic heterocycles. The van der Waals surface area contributed by atoms with Gasteiger partial charge in [0.15, 0.2) is 0 Å². The predicted molar refractivity (Wildman–Crippen MR) is 25.5 cm³/mol. The molecule has 0 aromatic heterocycles. The van der Waals surface area contributed by atoms with Crippen LogP contribution in [0, 0.1) is 6.92 Å². The van der Waals surface area contributed by atoms with E-state index in [-0.39, 0.29) is 12.8 Å². The highest BCUT2D eigenvalue weighted by Gasteiger charge is 2.04. The molecule has 0 aromatic rings. The van der Waals surface area contributed by atoms with Crippen molar-refractivity contribution in [2.75, 3.05) is 0 Å². The van der Waals surface area contributed by atoms with Gasteiger partial charge in [-0.15, -0.1) is 0 Å². The normalized spacial score (nSPS) is 14.6. The maximum Gasteiger partial charge on any atom is 0.238 e. The SMILES string of the molecule is [CH2]C(F)CCC(F)F. The summed E-state index contributed by atoms with van der Waals surface area (Å²) in [5, 5.41) is 0. The Morgan fingerprint density at radius 2 is 1.62 bits per heavy atom. The molecule has 0 heterocycles. The van der Waals surface area contributed by atoms with Crippen LogP contribution < -0.4 is 0 Å². The van der Waals surface area contributed by atoms with E-state index in [1.165, 1.54) is 0 Å². The van der Waals surface area contributed by atoms with Gasteiger partial charge >= 0.3 is 0 Å². The van der Waals surface area contributed by atoms with Crippen LogP contribution in [-0.2, 0) is 0 Å². The van der Waals surface area contributed by atoms with E-state index in [4.69, 9.17) is 0 Å². The van der Waals surface area contributed by atoms with Gasteiger partial charge in [0.25, 0.3) is 0 Å². The molecule has 0 aliphatic carbocycles. The highest BCUT2D eigenvalue weighted by Crippen LogP contribution is 2.06. The first-order valence-electron chi connectivity index (χ1n) is 2.38. The molecule has 0 saturated heterocycles. The molecule has 0 nitrogen and oxygen atoms in total. The van der Waals surface area contributed by atoms with Gasteiger partial charge in [-0.1, -0.05) is 0 Å². The minimum Gasteiger partial charge on any atom is -0.247 e. The van der Waals surface area contributed by atoms with Gasteiger partial charge in [-0.05, 0) is 13.3 Å². The molecule has 8 heavy (non-hydrogen) atoms. The van der Waals surface area contributed by atoms with Crippen molar-refractivity contribution < 1.29 is 13.2 Å². The molecule has 0 spiro atoms.